The van der Waals surface area contributed by atoms with Gasteiger partial charge in [-0.3, -0.25) is 0 Å². The van der Waals surface area contributed by atoms with Crippen molar-refractivity contribution in [3.05, 3.63) is 66.2 Å². The summed E-state index contributed by atoms with van der Waals surface area (Å²) in [5.74, 6) is 0.456. The van der Waals surface area contributed by atoms with Crippen LogP contribution in [0.3, 0.4) is 0 Å². The van der Waals surface area contributed by atoms with Crippen molar-refractivity contribution in [2.24, 2.45) is 0 Å². The number of benzene rings is 2. The fourth-order valence-corrected chi connectivity index (χ4v) is 2.14. The summed E-state index contributed by atoms with van der Waals surface area (Å²) in [7, 11) is 0. The van der Waals surface area contributed by atoms with Gasteiger partial charge in [-0.15, -0.1) is 0 Å². The summed E-state index contributed by atoms with van der Waals surface area (Å²) in [5.41, 5.74) is 1.88. The van der Waals surface area contributed by atoms with Gasteiger partial charge in [0.1, 0.15) is 18.0 Å². The number of hydrogen-bond donors (Lipinski definition) is 1. The number of halogens is 1. The van der Waals surface area contributed by atoms with Crippen LogP contribution in [-0.4, -0.2) is 16.5 Å². The smallest absolute Gasteiger partial charge is 0.137 e. The van der Waals surface area contributed by atoms with Crippen LogP contribution in [0.1, 0.15) is 5.56 Å². The molecule has 0 unspecified atom stereocenters. The lowest BCUT2D eigenvalue weighted by molar-refractivity contribution is 0.629. The Kier molecular flexibility index (Phi) is 3.54. The summed E-state index contributed by atoms with van der Waals surface area (Å²) in [6.45, 7) is 0.771. The van der Waals surface area contributed by atoms with Gasteiger partial charge in [0.2, 0.25) is 0 Å². The molecule has 0 atom stereocenters. The van der Waals surface area contributed by atoms with Crippen LogP contribution in [0.25, 0.3) is 10.9 Å². The molecule has 0 radical (unpaired) electrons. The summed E-state index contributed by atoms with van der Waals surface area (Å²) in [5, 5.41) is 4.12. The Morgan fingerprint density at radius 2 is 1.85 bits per heavy atom. The number of anilines is 1. The maximum Gasteiger partial charge on any atom is 0.137 e. The first-order valence-electron chi connectivity index (χ1n) is 6.51. The summed E-state index contributed by atoms with van der Waals surface area (Å²) in [6, 6.07) is 14.8. The van der Waals surface area contributed by atoms with Crippen LogP contribution in [-0.2, 0) is 6.42 Å². The van der Waals surface area contributed by atoms with Crippen molar-refractivity contribution in [2.75, 3.05) is 11.9 Å². The molecular formula is C16H14FN3. The third-order valence-electron chi connectivity index (χ3n) is 3.15. The first kappa shape index (κ1) is 12.5. The molecule has 3 rings (SSSR count). The predicted molar refractivity (Wildman–Crippen MR) is 78.1 cm³/mol. The monoisotopic (exact) mass is 267 g/mol. The molecule has 20 heavy (non-hydrogen) atoms. The third-order valence-corrected chi connectivity index (χ3v) is 3.15. The van der Waals surface area contributed by atoms with Crippen molar-refractivity contribution in [2.45, 2.75) is 6.42 Å². The van der Waals surface area contributed by atoms with Crippen LogP contribution in [0, 0.1) is 5.82 Å². The van der Waals surface area contributed by atoms with Crippen LogP contribution < -0.4 is 5.32 Å². The van der Waals surface area contributed by atoms with Gasteiger partial charge in [0.25, 0.3) is 0 Å². The van der Waals surface area contributed by atoms with Crippen LogP contribution in [0.4, 0.5) is 10.2 Å². The number of nitrogens with one attached hydrogen (secondary N) is 1. The largest absolute Gasteiger partial charge is 0.369 e. The minimum atomic E-state index is -0.286. The minimum Gasteiger partial charge on any atom is -0.369 e. The lowest BCUT2D eigenvalue weighted by Gasteiger charge is -2.08. The first-order valence-corrected chi connectivity index (χ1v) is 6.51. The molecule has 4 heteroatoms. The Morgan fingerprint density at radius 1 is 1.00 bits per heavy atom. The summed E-state index contributed by atoms with van der Waals surface area (Å²) in [4.78, 5) is 8.30. The molecule has 0 amide bonds. The first-order chi connectivity index (χ1) is 9.83. The topological polar surface area (TPSA) is 37.8 Å². The maximum atomic E-state index is 13.2. The molecule has 1 aromatic heterocycles. The van der Waals surface area contributed by atoms with E-state index in [0.717, 1.165) is 24.2 Å². The van der Waals surface area contributed by atoms with E-state index in [1.807, 2.05) is 18.2 Å². The van der Waals surface area contributed by atoms with E-state index in [9.17, 15) is 4.39 Å². The second-order valence-electron chi connectivity index (χ2n) is 4.55. The van der Waals surface area contributed by atoms with E-state index in [-0.39, 0.29) is 5.82 Å². The van der Waals surface area contributed by atoms with Gasteiger partial charge >= 0.3 is 0 Å². The summed E-state index contributed by atoms with van der Waals surface area (Å²) < 4.78 is 13.2. The molecule has 0 aliphatic rings. The SMILES string of the molecule is Fc1ccc2c(NCCc3ccccc3)ncnc2c1. The molecule has 100 valence electrons. The van der Waals surface area contributed by atoms with E-state index >= 15 is 0 Å². The Labute approximate surface area is 116 Å². The number of fused-ring (bicyclic) bond motifs is 1. The molecule has 2 aromatic carbocycles. The number of aromatic nitrogens is 2. The predicted octanol–water partition coefficient (Wildman–Crippen LogP) is 3.42. The lowest BCUT2D eigenvalue weighted by atomic mass is 10.1. The van der Waals surface area contributed by atoms with Gasteiger partial charge in [-0.05, 0) is 24.1 Å². The Balaban J connectivity index is 1.74. The van der Waals surface area contributed by atoms with Gasteiger partial charge in [0, 0.05) is 18.0 Å². The zero-order valence-corrected chi connectivity index (χ0v) is 10.9. The normalized spacial score (nSPS) is 10.7. The second-order valence-corrected chi connectivity index (χ2v) is 4.55. The molecule has 0 spiro atoms. The zero-order valence-electron chi connectivity index (χ0n) is 10.9. The molecule has 3 aromatic rings. The highest BCUT2D eigenvalue weighted by Gasteiger charge is 2.04. The van der Waals surface area contributed by atoms with Crippen molar-refractivity contribution in [1.82, 2.24) is 9.97 Å². The van der Waals surface area contributed by atoms with Gasteiger partial charge in [-0.2, -0.15) is 0 Å². The number of nitrogens with zero attached hydrogens (tertiary/aromatic N) is 2. The van der Waals surface area contributed by atoms with Crippen LogP contribution in [0.5, 0.6) is 0 Å². The molecule has 0 bridgehead atoms. The standard InChI is InChI=1S/C16H14FN3/c17-13-6-7-14-15(10-13)19-11-20-16(14)18-9-8-12-4-2-1-3-5-12/h1-7,10-11H,8-9H2,(H,18,19,20). The average Bonchev–Trinajstić information content (AvgIpc) is 2.48. The van der Waals surface area contributed by atoms with Crippen LogP contribution in [0.15, 0.2) is 54.9 Å². The van der Waals surface area contributed by atoms with E-state index in [2.05, 4.69) is 27.4 Å². The zero-order chi connectivity index (χ0) is 13.8. The third kappa shape index (κ3) is 2.74. The molecule has 3 nitrogen and oxygen atoms in total. The number of rotatable bonds is 4. The van der Waals surface area contributed by atoms with E-state index in [4.69, 9.17) is 0 Å². The molecule has 0 aliphatic carbocycles. The highest BCUT2D eigenvalue weighted by Crippen LogP contribution is 2.19. The molecule has 1 N–H and O–H groups in total. The second kappa shape index (κ2) is 5.65. The molecule has 0 saturated carbocycles. The van der Waals surface area contributed by atoms with Gasteiger partial charge < -0.3 is 5.32 Å². The van der Waals surface area contributed by atoms with Crippen LogP contribution >= 0.6 is 0 Å². The van der Waals surface area contributed by atoms with Crippen molar-refractivity contribution >= 4 is 16.7 Å². The number of hydrogen-bond acceptors (Lipinski definition) is 3. The fraction of sp³-hybridized carbons (Fsp3) is 0.125. The minimum absolute atomic E-state index is 0.286. The quantitative estimate of drug-likeness (QED) is 0.787. The lowest BCUT2D eigenvalue weighted by Crippen LogP contribution is -2.07. The molecular weight excluding hydrogens is 253 g/mol. The van der Waals surface area contributed by atoms with Gasteiger partial charge in [-0.25, -0.2) is 14.4 Å². The Hall–Kier alpha value is -2.49. The fourth-order valence-electron chi connectivity index (χ4n) is 2.14. The summed E-state index contributed by atoms with van der Waals surface area (Å²) in [6.07, 6.45) is 2.36. The molecule has 0 fully saturated rings. The molecule has 0 aliphatic heterocycles. The van der Waals surface area contributed by atoms with E-state index in [1.54, 1.807) is 6.07 Å². The van der Waals surface area contributed by atoms with E-state index in [1.165, 1.54) is 24.0 Å². The highest BCUT2D eigenvalue weighted by molar-refractivity contribution is 5.88. The average molecular weight is 267 g/mol. The van der Waals surface area contributed by atoms with Crippen molar-refractivity contribution in [3.8, 4) is 0 Å². The highest BCUT2D eigenvalue weighted by atomic mass is 19.1. The van der Waals surface area contributed by atoms with Gasteiger partial charge in [-0.1, -0.05) is 30.3 Å². The molecule has 0 saturated heterocycles. The van der Waals surface area contributed by atoms with E-state index < -0.39 is 0 Å². The Bertz CT molecular complexity index is 713. The summed E-state index contributed by atoms with van der Waals surface area (Å²) >= 11 is 0. The van der Waals surface area contributed by atoms with Gasteiger partial charge in [0.05, 0.1) is 5.52 Å². The molecule has 1 heterocycles. The maximum absolute atomic E-state index is 13.2. The Morgan fingerprint density at radius 3 is 2.70 bits per heavy atom. The van der Waals surface area contributed by atoms with Crippen molar-refractivity contribution in [1.29, 1.82) is 0 Å². The van der Waals surface area contributed by atoms with Crippen LogP contribution in [0.2, 0.25) is 0 Å². The van der Waals surface area contributed by atoms with E-state index in [0.29, 0.717) is 5.52 Å². The van der Waals surface area contributed by atoms with Gasteiger partial charge in [0.15, 0.2) is 0 Å². The van der Waals surface area contributed by atoms with Crippen molar-refractivity contribution < 1.29 is 4.39 Å². The van der Waals surface area contributed by atoms with Crippen molar-refractivity contribution in [3.63, 3.8) is 0 Å².